The van der Waals surface area contributed by atoms with Crippen molar-refractivity contribution in [2.24, 2.45) is 0 Å². The van der Waals surface area contributed by atoms with Crippen molar-refractivity contribution in [3.05, 3.63) is 60.7 Å². The number of nitrogens with one attached hydrogen (secondary N) is 1. The van der Waals surface area contributed by atoms with Gasteiger partial charge in [0.1, 0.15) is 5.01 Å². The van der Waals surface area contributed by atoms with Crippen LogP contribution in [-0.4, -0.2) is 36.6 Å². The molecule has 1 amide bonds. The molecular formula is C20H18N6OS2. The number of amides is 1. The fourth-order valence-electron chi connectivity index (χ4n) is 2.74. The highest BCUT2D eigenvalue weighted by Crippen LogP contribution is 2.27. The summed E-state index contributed by atoms with van der Waals surface area (Å²) in [5, 5.41) is 21.5. The SMILES string of the molecule is CCn1c(SCC(=O)Nc2nnc(-c3ccccc3)s2)nnc1-c1ccccc1. The van der Waals surface area contributed by atoms with E-state index in [2.05, 4.69) is 25.7 Å². The molecule has 0 aliphatic heterocycles. The number of carbonyl (C=O) groups is 1. The minimum Gasteiger partial charge on any atom is -0.302 e. The highest BCUT2D eigenvalue weighted by molar-refractivity contribution is 7.99. The van der Waals surface area contributed by atoms with Crippen LogP contribution in [0.25, 0.3) is 22.0 Å². The monoisotopic (exact) mass is 422 g/mol. The number of rotatable bonds is 7. The zero-order valence-corrected chi connectivity index (χ0v) is 17.3. The number of hydrogen-bond donors (Lipinski definition) is 1. The van der Waals surface area contributed by atoms with Crippen LogP contribution in [0, 0.1) is 0 Å². The van der Waals surface area contributed by atoms with Gasteiger partial charge in [-0.05, 0) is 6.92 Å². The summed E-state index contributed by atoms with van der Waals surface area (Å²) in [7, 11) is 0. The predicted octanol–water partition coefficient (Wildman–Crippen LogP) is 4.21. The zero-order chi connectivity index (χ0) is 20.1. The number of anilines is 1. The first-order valence-corrected chi connectivity index (χ1v) is 10.8. The third-order valence-corrected chi connectivity index (χ3v) is 5.94. The standard InChI is InChI=1S/C20H18N6OS2/c1-2-26-17(14-9-5-3-6-10-14)22-25-20(26)28-13-16(27)21-19-24-23-18(29-19)15-11-7-4-8-12-15/h3-12H,2,13H2,1H3,(H,21,24,27). The van der Waals surface area contributed by atoms with Crippen LogP contribution in [0.3, 0.4) is 0 Å². The van der Waals surface area contributed by atoms with Crippen LogP contribution in [0.4, 0.5) is 5.13 Å². The van der Waals surface area contributed by atoms with E-state index in [9.17, 15) is 4.79 Å². The molecule has 2 heterocycles. The van der Waals surface area contributed by atoms with Crippen molar-refractivity contribution in [2.75, 3.05) is 11.1 Å². The van der Waals surface area contributed by atoms with E-state index in [1.165, 1.54) is 23.1 Å². The van der Waals surface area contributed by atoms with E-state index in [-0.39, 0.29) is 11.7 Å². The first-order chi connectivity index (χ1) is 14.2. The quantitative estimate of drug-likeness (QED) is 0.449. The highest BCUT2D eigenvalue weighted by atomic mass is 32.2. The van der Waals surface area contributed by atoms with E-state index in [0.29, 0.717) is 10.3 Å². The van der Waals surface area contributed by atoms with Crippen LogP contribution in [0.15, 0.2) is 65.8 Å². The van der Waals surface area contributed by atoms with E-state index >= 15 is 0 Å². The Kier molecular flexibility index (Phi) is 5.97. The second kappa shape index (κ2) is 8.97. The Morgan fingerprint density at radius 2 is 1.66 bits per heavy atom. The molecule has 0 bridgehead atoms. The fraction of sp³-hybridized carbons (Fsp3) is 0.150. The first-order valence-electron chi connectivity index (χ1n) is 9.05. The van der Waals surface area contributed by atoms with Crippen molar-refractivity contribution >= 4 is 34.1 Å². The van der Waals surface area contributed by atoms with Gasteiger partial charge in [-0.3, -0.25) is 10.1 Å². The second-order valence-corrected chi connectivity index (χ2v) is 7.95. The number of hydrogen-bond acceptors (Lipinski definition) is 7. The van der Waals surface area contributed by atoms with Crippen LogP contribution in [0.5, 0.6) is 0 Å². The first kappa shape index (κ1) is 19.3. The Morgan fingerprint density at radius 1 is 0.966 bits per heavy atom. The number of benzene rings is 2. The Bertz CT molecular complexity index is 1090. The summed E-state index contributed by atoms with van der Waals surface area (Å²) in [5.74, 6) is 0.859. The van der Waals surface area contributed by atoms with Gasteiger partial charge in [-0.1, -0.05) is 83.8 Å². The Labute approximate surface area is 176 Å². The topological polar surface area (TPSA) is 85.6 Å². The third-order valence-electron chi connectivity index (χ3n) is 4.09. The lowest BCUT2D eigenvalue weighted by Gasteiger charge is -2.07. The van der Waals surface area contributed by atoms with E-state index < -0.39 is 0 Å². The van der Waals surface area contributed by atoms with E-state index in [1.54, 1.807) is 0 Å². The number of carbonyl (C=O) groups excluding carboxylic acids is 1. The molecule has 2 aromatic heterocycles. The van der Waals surface area contributed by atoms with Crippen LogP contribution < -0.4 is 5.32 Å². The van der Waals surface area contributed by atoms with Crippen molar-refractivity contribution in [3.8, 4) is 22.0 Å². The number of thioether (sulfide) groups is 1. The summed E-state index contributed by atoms with van der Waals surface area (Å²) in [6.45, 7) is 2.75. The highest BCUT2D eigenvalue weighted by Gasteiger charge is 2.15. The van der Waals surface area contributed by atoms with Crippen molar-refractivity contribution in [2.45, 2.75) is 18.6 Å². The average Bonchev–Trinajstić information content (AvgIpc) is 3.40. The lowest BCUT2D eigenvalue weighted by atomic mass is 10.2. The summed E-state index contributed by atoms with van der Waals surface area (Å²) in [5.41, 5.74) is 1.98. The molecule has 0 unspecified atom stereocenters. The molecule has 146 valence electrons. The van der Waals surface area contributed by atoms with Crippen molar-refractivity contribution in [1.82, 2.24) is 25.0 Å². The van der Waals surface area contributed by atoms with Gasteiger partial charge in [-0.2, -0.15) is 0 Å². The van der Waals surface area contributed by atoms with Gasteiger partial charge in [0, 0.05) is 17.7 Å². The molecular weight excluding hydrogens is 404 g/mol. The summed E-state index contributed by atoms with van der Waals surface area (Å²) in [6, 6.07) is 19.7. The van der Waals surface area contributed by atoms with Crippen LogP contribution in [0.1, 0.15) is 6.92 Å². The molecule has 2 aromatic carbocycles. The zero-order valence-electron chi connectivity index (χ0n) is 15.6. The van der Waals surface area contributed by atoms with Crippen LogP contribution >= 0.6 is 23.1 Å². The number of nitrogens with zero attached hydrogens (tertiary/aromatic N) is 5. The molecule has 0 atom stereocenters. The molecule has 0 fully saturated rings. The molecule has 7 nitrogen and oxygen atoms in total. The van der Waals surface area contributed by atoms with Gasteiger partial charge in [-0.15, -0.1) is 20.4 Å². The fourth-order valence-corrected chi connectivity index (χ4v) is 4.31. The van der Waals surface area contributed by atoms with Gasteiger partial charge in [0.15, 0.2) is 11.0 Å². The summed E-state index contributed by atoms with van der Waals surface area (Å²) in [4.78, 5) is 12.4. The van der Waals surface area contributed by atoms with E-state index in [4.69, 9.17) is 0 Å². The van der Waals surface area contributed by atoms with Gasteiger partial charge in [0.25, 0.3) is 0 Å². The van der Waals surface area contributed by atoms with Crippen LogP contribution in [-0.2, 0) is 11.3 Å². The third kappa shape index (κ3) is 4.52. The largest absolute Gasteiger partial charge is 0.302 e. The summed E-state index contributed by atoms with van der Waals surface area (Å²) in [6.07, 6.45) is 0. The lowest BCUT2D eigenvalue weighted by molar-refractivity contribution is -0.113. The maximum atomic E-state index is 12.4. The summed E-state index contributed by atoms with van der Waals surface area (Å²) < 4.78 is 2.01. The normalized spacial score (nSPS) is 10.8. The van der Waals surface area contributed by atoms with Crippen molar-refractivity contribution in [3.63, 3.8) is 0 Å². The molecule has 4 rings (SSSR count). The second-order valence-electron chi connectivity index (χ2n) is 6.03. The average molecular weight is 423 g/mol. The lowest BCUT2D eigenvalue weighted by Crippen LogP contribution is -2.14. The molecule has 1 N–H and O–H groups in total. The van der Waals surface area contributed by atoms with E-state index in [1.807, 2.05) is 72.2 Å². The number of aromatic nitrogens is 5. The minimum atomic E-state index is -0.155. The summed E-state index contributed by atoms with van der Waals surface area (Å²) >= 11 is 2.70. The maximum Gasteiger partial charge on any atom is 0.236 e. The molecule has 29 heavy (non-hydrogen) atoms. The molecule has 4 aromatic rings. The Hall–Kier alpha value is -3.04. The minimum absolute atomic E-state index is 0.155. The Morgan fingerprint density at radius 3 is 2.34 bits per heavy atom. The molecule has 9 heteroatoms. The van der Waals surface area contributed by atoms with Crippen molar-refractivity contribution < 1.29 is 4.79 Å². The van der Waals surface area contributed by atoms with Gasteiger partial charge >= 0.3 is 0 Å². The predicted molar refractivity (Wildman–Crippen MR) is 116 cm³/mol. The molecule has 0 radical (unpaired) electrons. The maximum absolute atomic E-state index is 12.4. The van der Waals surface area contributed by atoms with Gasteiger partial charge in [-0.25, -0.2) is 0 Å². The molecule has 0 saturated heterocycles. The van der Waals surface area contributed by atoms with E-state index in [0.717, 1.165) is 28.5 Å². The van der Waals surface area contributed by atoms with Gasteiger partial charge < -0.3 is 4.57 Å². The molecule has 0 saturated carbocycles. The van der Waals surface area contributed by atoms with Gasteiger partial charge in [0.2, 0.25) is 11.0 Å². The molecule has 0 aliphatic rings. The van der Waals surface area contributed by atoms with Crippen molar-refractivity contribution in [1.29, 1.82) is 0 Å². The van der Waals surface area contributed by atoms with Gasteiger partial charge in [0.05, 0.1) is 5.75 Å². The molecule has 0 aliphatic carbocycles. The smallest absolute Gasteiger partial charge is 0.236 e. The molecule has 0 spiro atoms. The Balaban J connectivity index is 1.39. The van der Waals surface area contributed by atoms with Crippen LogP contribution in [0.2, 0.25) is 0 Å².